The molecule has 0 aromatic rings. The van der Waals surface area contributed by atoms with Gasteiger partial charge in [-0.25, -0.2) is 0 Å². The second kappa shape index (κ2) is 17.8. The average molecular weight is 413 g/mol. The number of carbonyl (C=O) groups is 2. The van der Waals surface area contributed by atoms with E-state index in [0.29, 0.717) is 12.3 Å². The van der Waals surface area contributed by atoms with E-state index in [2.05, 4.69) is 13.8 Å². The van der Waals surface area contributed by atoms with E-state index in [-0.39, 0.29) is 0 Å². The molecule has 172 valence electrons. The molecule has 4 nitrogen and oxygen atoms in total. The number of carboxylic acid groups (broad SMARTS) is 2. The van der Waals surface area contributed by atoms with Gasteiger partial charge < -0.3 is 10.2 Å². The first-order chi connectivity index (χ1) is 13.9. The van der Waals surface area contributed by atoms with Gasteiger partial charge in [-0.1, -0.05) is 97.3 Å². The average Bonchev–Trinajstić information content (AvgIpc) is 2.68. The topological polar surface area (TPSA) is 74.6 Å². The van der Waals surface area contributed by atoms with Gasteiger partial charge in [0.1, 0.15) is 0 Å². The molecule has 0 aliphatic carbocycles. The van der Waals surface area contributed by atoms with E-state index < -0.39 is 17.4 Å². The zero-order chi connectivity index (χ0) is 22.0. The Hall–Kier alpha value is -1.06. The van der Waals surface area contributed by atoms with E-state index in [4.69, 9.17) is 5.11 Å². The zero-order valence-electron chi connectivity index (χ0n) is 19.5. The largest absolute Gasteiger partial charge is 0.481 e. The lowest BCUT2D eigenvalue weighted by molar-refractivity contribution is -0.152. The van der Waals surface area contributed by atoms with Gasteiger partial charge in [0.15, 0.2) is 0 Å². The summed E-state index contributed by atoms with van der Waals surface area (Å²) in [6.45, 7) is 6.31. The minimum Gasteiger partial charge on any atom is -0.481 e. The van der Waals surface area contributed by atoms with Crippen molar-refractivity contribution < 1.29 is 19.8 Å². The summed E-state index contributed by atoms with van der Waals surface area (Å²) in [6.07, 6.45) is 19.1. The Morgan fingerprint density at radius 2 is 1.14 bits per heavy atom. The van der Waals surface area contributed by atoms with Crippen LogP contribution in [0.5, 0.6) is 0 Å². The van der Waals surface area contributed by atoms with Crippen LogP contribution in [0.3, 0.4) is 0 Å². The number of rotatable bonds is 21. The summed E-state index contributed by atoms with van der Waals surface area (Å²) < 4.78 is 0. The van der Waals surface area contributed by atoms with Crippen molar-refractivity contribution in [3.8, 4) is 0 Å². The number of carboxylic acids is 2. The number of hydrogen-bond acceptors (Lipinski definition) is 2. The van der Waals surface area contributed by atoms with Crippen molar-refractivity contribution in [1.82, 2.24) is 0 Å². The molecule has 29 heavy (non-hydrogen) atoms. The molecule has 0 saturated carbocycles. The molecule has 4 heteroatoms. The lowest BCUT2D eigenvalue weighted by atomic mass is 9.69. The Labute approximate surface area is 179 Å². The Balaban J connectivity index is 4.02. The molecule has 0 saturated heterocycles. The molecule has 0 fully saturated rings. The fourth-order valence-corrected chi connectivity index (χ4v) is 4.34. The molecular formula is C25H48O4. The number of hydrogen-bond donors (Lipinski definition) is 2. The lowest BCUT2D eigenvalue weighted by Gasteiger charge is -2.34. The number of unbranched alkanes of at least 4 members (excludes halogenated alkanes) is 11. The fraction of sp³-hybridized carbons (Fsp3) is 0.920. The molecule has 0 aliphatic heterocycles. The van der Waals surface area contributed by atoms with Crippen LogP contribution >= 0.6 is 0 Å². The highest BCUT2D eigenvalue weighted by Gasteiger charge is 2.39. The first kappa shape index (κ1) is 27.9. The van der Waals surface area contributed by atoms with Gasteiger partial charge in [-0.05, 0) is 38.5 Å². The summed E-state index contributed by atoms with van der Waals surface area (Å²) in [5, 5.41) is 18.5. The van der Waals surface area contributed by atoms with Crippen molar-refractivity contribution in [1.29, 1.82) is 0 Å². The van der Waals surface area contributed by atoms with E-state index in [9.17, 15) is 14.7 Å². The summed E-state index contributed by atoms with van der Waals surface area (Å²) in [6, 6.07) is 0. The highest BCUT2D eigenvalue weighted by Crippen LogP contribution is 2.40. The molecule has 0 bridgehead atoms. The molecule has 0 aliphatic rings. The molecular weight excluding hydrogens is 364 g/mol. The van der Waals surface area contributed by atoms with Crippen molar-refractivity contribution in [2.24, 2.45) is 11.3 Å². The van der Waals surface area contributed by atoms with Crippen LogP contribution in [0.1, 0.15) is 136 Å². The predicted molar refractivity (Wildman–Crippen MR) is 121 cm³/mol. The maximum atomic E-state index is 12.0. The second-order valence-electron chi connectivity index (χ2n) is 9.13. The highest BCUT2D eigenvalue weighted by molar-refractivity contribution is 5.74. The van der Waals surface area contributed by atoms with Crippen LogP contribution in [0, 0.1) is 11.3 Å². The van der Waals surface area contributed by atoms with E-state index in [1.54, 1.807) is 0 Å². The molecule has 0 heterocycles. The number of aliphatic carboxylic acids is 2. The fourth-order valence-electron chi connectivity index (χ4n) is 4.34. The van der Waals surface area contributed by atoms with Crippen LogP contribution in [-0.4, -0.2) is 22.2 Å². The summed E-state index contributed by atoms with van der Waals surface area (Å²) in [5.41, 5.74) is -0.564. The van der Waals surface area contributed by atoms with Gasteiger partial charge in [-0.15, -0.1) is 0 Å². The monoisotopic (exact) mass is 412 g/mol. The normalized spacial score (nSPS) is 14.4. The molecule has 0 amide bonds. The van der Waals surface area contributed by atoms with Gasteiger partial charge in [0.05, 0.1) is 5.41 Å². The van der Waals surface area contributed by atoms with Crippen LogP contribution in [0.25, 0.3) is 0 Å². The maximum Gasteiger partial charge on any atom is 0.309 e. The van der Waals surface area contributed by atoms with Gasteiger partial charge in [0.25, 0.3) is 0 Å². The summed E-state index contributed by atoms with van der Waals surface area (Å²) in [7, 11) is 0. The highest BCUT2D eigenvalue weighted by atomic mass is 16.4. The molecule has 2 unspecified atom stereocenters. The quantitative estimate of drug-likeness (QED) is 0.188. The van der Waals surface area contributed by atoms with Gasteiger partial charge in [-0.3, -0.25) is 9.59 Å². The molecule has 2 atom stereocenters. The van der Waals surface area contributed by atoms with Gasteiger partial charge in [-0.2, -0.15) is 0 Å². The summed E-state index contributed by atoms with van der Waals surface area (Å²) >= 11 is 0. The Bertz CT molecular complexity index is 421. The third kappa shape index (κ3) is 13.7. The maximum absolute atomic E-state index is 12.0. The van der Waals surface area contributed by atoms with E-state index in [0.717, 1.165) is 70.6 Å². The standard InChI is InChI=1S/C25H48O4/c1-4-6-18-22(25(3,24(28)29)21-7-5-2)19-16-14-12-10-8-9-11-13-15-17-20-23(26)27/h22H,4-21H2,1-3H3,(H,26,27)(H,28,29). The summed E-state index contributed by atoms with van der Waals surface area (Å²) in [5.74, 6) is -0.983. The predicted octanol–water partition coefficient (Wildman–Crippen LogP) is 7.84. The van der Waals surface area contributed by atoms with E-state index in [1.165, 1.54) is 38.5 Å². The first-order valence-corrected chi connectivity index (χ1v) is 12.3. The smallest absolute Gasteiger partial charge is 0.309 e. The van der Waals surface area contributed by atoms with Crippen molar-refractivity contribution in [3.63, 3.8) is 0 Å². The molecule has 0 radical (unpaired) electrons. The van der Waals surface area contributed by atoms with Crippen molar-refractivity contribution in [2.75, 3.05) is 0 Å². The Morgan fingerprint density at radius 3 is 1.59 bits per heavy atom. The van der Waals surface area contributed by atoms with Crippen LogP contribution in [0.15, 0.2) is 0 Å². The van der Waals surface area contributed by atoms with Crippen LogP contribution in [0.2, 0.25) is 0 Å². The first-order valence-electron chi connectivity index (χ1n) is 12.3. The van der Waals surface area contributed by atoms with Gasteiger partial charge in [0, 0.05) is 6.42 Å². The molecule has 2 N–H and O–H groups in total. The third-order valence-electron chi connectivity index (χ3n) is 6.54. The molecule has 0 spiro atoms. The van der Waals surface area contributed by atoms with Crippen LogP contribution in [-0.2, 0) is 9.59 Å². The van der Waals surface area contributed by atoms with Gasteiger partial charge >= 0.3 is 11.9 Å². The van der Waals surface area contributed by atoms with Crippen LogP contribution in [0.4, 0.5) is 0 Å². The lowest BCUT2D eigenvalue weighted by Crippen LogP contribution is -2.36. The summed E-state index contributed by atoms with van der Waals surface area (Å²) in [4.78, 5) is 22.5. The minimum absolute atomic E-state index is 0.303. The van der Waals surface area contributed by atoms with Crippen molar-refractivity contribution >= 4 is 11.9 Å². The Kier molecular flexibility index (Phi) is 17.1. The molecule has 0 rings (SSSR count). The third-order valence-corrected chi connectivity index (χ3v) is 6.54. The van der Waals surface area contributed by atoms with Gasteiger partial charge in [0.2, 0.25) is 0 Å². The van der Waals surface area contributed by atoms with E-state index in [1.807, 2.05) is 6.92 Å². The van der Waals surface area contributed by atoms with Crippen molar-refractivity contribution in [3.05, 3.63) is 0 Å². The SMILES string of the molecule is CCCCC(CCCCCCCCCCCCC(=O)O)C(C)(CCCC)C(=O)O. The van der Waals surface area contributed by atoms with Crippen LogP contribution < -0.4 is 0 Å². The molecule has 0 aromatic carbocycles. The van der Waals surface area contributed by atoms with Crippen molar-refractivity contribution in [2.45, 2.75) is 136 Å². The Morgan fingerprint density at radius 1 is 0.690 bits per heavy atom. The second-order valence-corrected chi connectivity index (χ2v) is 9.13. The molecule has 0 aromatic heterocycles. The van der Waals surface area contributed by atoms with E-state index >= 15 is 0 Å². The zero-order valence-corrected chi connectivity index (χ0v) is 19.5. The minimum atomic E-state index is -0.684.